The predicted octanol–water partition coefficient (Wildman–Crippen LogP) is 1.69. The molecule has 1 fully saturated rings. The van der Waals surface area contributed by atoms with Crippen molar-refractivity contribution in [1.29, 1.82) is 0 Å². The number of nitrogens with zero attached hydrogens (tertiary/aromatic N) is 1. The second-order valence-corrected chi connectivity index (χ2v) is 7.22. The van der Waals surface area contributed by atoms with Crippen LogP contribution < -0.4 is 10.2 Å². The molecule has 0 unspecified atom stereocenters. The summed E-state index contributed by atoms with van der Waals surface area (Å²) >= 11 is 0. The number of rotatable bonds is 7. The Balaban J connectivity index is 1.70. The van der Waals surface area contributed by atoms with E-state index in [1.807, 2.05) is 31.2 Å². The molecular weight excluding hydrogens is 370 g/mol. The van der Waals surface area contributed by atoms with Crippen LogP contribution in [-0.4, -0.2) is 43.7 Å². The van der Waals surface area contributed by atoms with Crippen LogP contribution in [0.4, 0.5) is 5.69 Å². The predicted molar refractivity (Wildman–Crippen MR) is 111 cm³/mol. The molecule has 0 aliphatic carbocycles. The summed E-state index contributed by atoms with van der Waals surface area (Å²) in [5.74, 6) is -0.227. The van der Waals surface area contributed by atoms with Gasteiger partial charge in [-0.25, -0.2) is 0 Å². The minimum atomic E-state index is -0.448. The van der Waals surface area contributed by atoms with Crippen molar-refractivity contribution >= 4 is 17.7 Å². The Labute approximate surface area is 170 Å². The number of aryl methyl sites for hydroxylation is 1. The number of amides is 1. The van der Waals surface area contributed by atoms with Gasteiger partial charge < -0.3 is 15.0 Å². The van der Waals surface area contributed by atoms with Gasteiger partial charge in [0, 0.05) is 18.2 Å². The van der Waals surface area contributed by atoms with Crippen molar-refractivity contribution in [3.63, 3.8) is 0 Å². The van der Waals surface area contributed by atoms with E-state index in [0.717, 1.165) is 38.4 Å². The molecule has 0 radical (unpaired) electrons. The molecule has 152 valence electrons. The van der Waals surface area contributed by atoms with Gasteiger partial charge in [-0.1, -0.05) is 42.0 Å². The van der Waals surface area contributed by atoms with E-state index >= 15 is 0 Å². The summed E-state index contributed by atoms with van der Waals surface area (Å²) in [6, 6.07) is 14.3. The van der Waals surface area contributed by atoms with E-state index in [1.54, 1.807) is 18.2 Å². The second-order valence-electron chi connectivity index (χ2n) is 7.22. The lowest BCUT2D eigenvalue weighted by molar-refractivity contribution is -0.909. The molecule has 2 aromatic carbocycles. The number of nitro groups is 1. The SMILES string of the molecule is Cc1ccc([C@@H](C[NH+]2CCOCC2)NC(=O)/C=C/c2cccc([N+](=O)[O-])c2)cc1. The molecule has 0 spiro atoms. The molecule has 2 N–H and O–H groups in total. The molecule has 0 aromatic heterocycles. The first-order valence-electron chi connectivity index (χ1n) is 9.72. The number of benzene rings is 2. The monoisotopic (exact) mass is 396 g/mol. The van der Waals surface area contributed by atoms with Crippen LogP contribution >= 0.6 is 0 Å². The van der Waals surface area contributed by atoms with Gasteiger partial charge in [0.2, 0.25) is 5.91 Å². The third-order valence-electron chi connectivity index (χ3n) is 5.00. The van der Waals surface area contributed by atoms with Gasteiger partial charge >= 0.3 is 0 Å². The molecule has 1 heterocycles. The molecule has 1 atom stereocenters. The number of hydrogen-bond donors (Lipinski definition) is 2. The lowest BCUT2D eigenvalue weighted by Gasteiger charge is -2.28. The molecule has 2 aromatic rings. The molecular formula is C22H26N3O4+. The normalized spacial score (nSPS) is 15.9. The number of nitrogens with one attached hydrogen (secondary N) is 2. The van der Waals surface area contributed by atoms with Crippen LogP contribution in [-0.2, 0) is 9.53 Å². The van der Waals surface area contributed by atoms with Gasteiger partial charge in [0.1, 0.15) is 25.7 Å². The number of carbonyl (C=O) groups excluding carboxylic acids is 1. The number of ether oxygens (including phenoxy) is 1. The molecule has 0 saturated carbocycles. The molecule has 29 heavy (non-hydrogen) atoms. The van der Waals surface area contributed by atoms with Crippen molar-refractivity contribution in [1.82, 2.24) is 5.32 Å². The Bertz CT molecular complexity index is 874. The minimum absolute atomic E-state index is 0.000933. The van der Waals surface area contributed by atoms with Crippen molar-refractivity contribution in [2.75, 3.05) is 32.8 Å². The van der Waals surface area contributed by atoms with Crippen molar-refractivity contribution in [2.24, 2.45) is 0 Å². The number of nitro benzene ring substituents is 1. The summed E-state index contributed by atoms with van der Waals surface area (Å²) in [5, 5.41) is 14.0. The van der Waals surface area contributed by atoms with Crippen LogP contribution in [0, 0.1) is 17.0 Å². The highest BCUT2D eigenvalue weighted by atomic mass is 16.6. The molecule has 1 saturated heterocycles. The van der Waals surface area contributed by atoms with Crippen LogP contribution in [0.3, 0.4) is 0 Å². The van der Waals surface area contributed by atoms with E-state index in [1.165, 1.54) is 28.7 Å². The minimum Gasteiger partial charge on any atom is -0.370 e. The van der Waals surface area contributed by atoms with E-state index < -0.39 is 4.92 Å². The van der Waals surface area contributed by atoms with Gasteiger partial charge in [0.15, 0.2) is 0 Å². The molecule has 1 amide bonds. The summed E-state index contributed by atoms with van der Waals surface area (Å²) in [4.78, 5) is 24.4. The summed E-state index contributed by atoms with van der Waals surface area (Å²) in [6.45, 7) is 6.12. The summed E-state index contributed by atoms with van der Waals surface area (Å²) in [6.07, 6.45) is 3.02. The fourth-order valence-corrected chi connectivity index (χ4v) is 3.34. The highest BCUT2D eigenvalue weighted by Gasteiger charge is 2.22. The number of morpholine rings is 1. The van der Waals surface area contributed by atoms with Crippen molar-refractivity contribution in [2.45, 2.75) is 13.0 Å². The van der Waals surface area contributed by atoms with Crippen molar-refractivity contribution in [3.8, 4) is 0 Å². The first-order valence-corrected chi connectivity index (χ1v) is 9.72. The van der Waals surface area contributed by atoms with E-state index in [4.69, 9.17) is 4.74 Å². The van der Waals surface area contributed by atoms with Gasteiger partial charge in [0.05, 0.1) is 18.1 Å². The fraction of sp³-hybridized carbons (Fsp3) is 0.318. The fourth-order valence-electron chi connectivity index (χ4n) is 3.34. The smallest absolute Gasteiger partial charge is 0.270 e. The van der Waals surface area contributed by atoms with Crippen LogP contribution in [0.1, 0.15) is 22.7 Å². The van der Waals surface area contributed by atoms with Gasteiger partial charge in [-0.15, -0.1) is 0 Å². The number of quaternary nitrogens is 1. The van der Waals surface area contributed by atoms with Crippen LogP contribution in [0.5, 0.6) is 0 Å². The largest absolute Gasteiger partial charge is 0.370 e. The molecule has 3 rings (SSSR count). The van der Waals surface area contributed by atoms with Crippen LogP contribution in [0.15, 0.2) is 54.6 Å². The van der Waals surface area contributed by atoms with E-state index in [2.05, 4.69) is 5.32 Å². The van der Waals surface area contributed by atoms with Crippen molar-refractivity contribution < 1.29 is 19.4 Å². The maximum Gasteiger partial charge on any atom is 0.270 e. The van der Waals surface area contributed by atoms with Gasteiger partial charge in [0.25, 0.3) is 5.69 Å². The molecule has 1 aliphatic heterocycles. The zero-order valence-electron chi connectivity index (χ0n) is 16.5. The first kappa shape index (κ1) is 20.7. The Morgan fingerprint density at radius 1 is 1.24 bits per heavy atom. The summed E-state index contributed by atoms with van der Waals surface area (Å²) in [5.41, 5.74) is 2.84. The van der Waals surface area contributed by atoms with Crippen LogP contribution in [0.25, 0.3) is 6.08 Å². The number of non-ortho nitro benzene ring substituents is 1. The lowest BCUT2D eigenvalue weighted by Crippen LogP contribution is -3.14. The molecule has 0 bridgehead atoms. The first-order chi connectivity index (χ1) is 14.0. The lowest BCUT2D eigenvalue weighted by atomic mass is 10.0. The second kappa shape index (κ2) is 9.95. The van der Waals surface area contributed by atoms with Gasteiger partial charge in [-0.2, -0.15) is 0 Å². The zero-order chi connectivity index (χ0) is 20.6. The Kier molecular flexibility index (Phi) is 7.10. The zero-order valence-corrected chi connectivity index (χ0v) is 16.5. The number of carbonyl (C=O) groups is 1. The van der Waals surface area contributed by atoms with Gasteiger partial charge in [-0.05, 0) is 24.1 Å². The molecule has 7 nitrogen and oxygen atoms in total. The maximum absolute atomic E-state index is 12.6. The standard InChI is InChI=1S/C22H25N3O4/c1-17-5-8-19(9-6-17)21(16-24-11-13-29-14-12-24)23-22(26)10-7-18-3-2-4-20(15-18)25(27)28/h2-10,15,21H,11-14,16H2,1H3,(H,23,26)/p+1/b10-7+/t21-/m1/s1. The Morgan fingerprint density at radius 3 is 2.66 bits per heavy atom. The van der Waals surface area contributed by atoms with Crippen molar-refractivity contribution in [3.05, 3.63) is 81.4 Å². The highest BCUT2D eigenvalue weighted by molar-refractivity contribution is 5.92. The molecule has 7 heteroatoms. The maximum atomic E-state index is 12.6. The van der Waals surface area contributed by atoms with Gasteiger partial charge in [-0.3, -0.25) is 14.9 Å². The van der Waals surface area contributed by atoms with E-state index in [9.17, 15) is 14.9 Å². The third-order valence-corrected chi connectivity index (χ3v) is 5.00. The average Bonchev–Trinajstić information content (AvgIpc) is 2.73. The Morgan fingerprint density at radius 2 is 1.97 bits per heavy atom. The quantitative estimate of drug-likeness (QED) is 0.424. The Hall–Kier alpha value is -3.03. The molecule has 1 aliphatic rings. The van der Waals surface area contributed by atoms with Crippen LogP contribution in [0.2, 0.25) is 0 Å². The number of hydrogen-bond acceptors (Lipinski definition) is 4. The highest BCUT2D eigenvalue weighted by Crippen LogP contribution is 2.15. The topological polar surface area (TPSA) is 85.9 Å². The summed E-state index contributed by atoms with van der Waals surface area (Å²) < 4.78 is 5.43. The third kappa shape index (κ3) is 6.23. The van der Waals surface area contributed by atoms with E-state index in [0.29, 0.717) is 5.56 Å². The average molecular weight is 396 g/mol. The van der Waals surface area contributed by atoms with E-state index in [-0.39, 0.29) is 17.6 Å². The summed E-state index contributed by atoms with van der Waals surface area (Å²) in [7, 11) is 0.